The summed E-state index contributed by atoms with van der Waals surface area (Å²) in [7, 11) is 0. The van der Waals surface area contributed by atoms with Crippen LogP contribution < -0.4 is 5.32 Å². The Morgan fingerprint density at radius 1 is 1.67 bits per heavy atom. The van der Waals surface area contributed by atoms with Crippen LogP contribution in [-0.4, -0.2) is 11.4 Å². The highest BCUT2D eigenvalue weighted by Crippen LogP contribution is 2.05. The largest absolute Gasteiger partial charge is 0.327 e. The highest BCUT2D eigenvalue weighted by molar-refractivity contribution is 5.94. The van der Waals surface area contributed by atoms with Crippen molar-refractivity contribution >= 4 is 5.91 Å². The summed E-state index contributed by atoms with van der Waals surface area (Å²) in [6.45, 7) is 5.08. The van der Waals surface area contributed by atoms with Crippen LogP contribution in [0.1, 0.15) is 27.2 Å². The van der Waals surface area contributed by atoms with E-state index < -0.39 is 11.4 Å². The Kier molecular flexibility index (Phi) is 3.86. The summed E-state index contributed by atoms with van der Waals surface area (Å²) in [6.07, 6.45) is 0.570. The Balaban J connectivity index is 4.31. The normalized spacial score (nSPS) is 13.2. The number of nitrogens with zero attached hydrogens (tertiary/aromatic N) is 1. The molecule has 3 nitrogen and oxygen atoms in total. The monoisotopic (exact) mass is 164 g/mol. The van der Waals surface area contributed by atoms with Gasteiger partial charge in [-0.05, 0) is 26.2 Å². The summed E-state index contributed by atoms with van der Waals surface area (Å²) in [4.78, 5) is 10.9. The van der Waals surface area contributed by atoms with Gasteiger partial charge in [-0.2, -0.15) is 5.26 Å². The molecule has 0 rings (SSSR count). The van der Waals surface area contributed by atoms with Crippen LogP contribution in [0.15, 0.2) is 0 Å². The van der Waals surface area contributed by atoms with E-state index in [1.165, 1.54) is 0 Å². The summed E-state index contributed by atoms with van der Waals surface area (Å²) >= 11 is 0. The van der Waals surface area contributed by atoms with Gasteiger partial charge in [0.25, 0.3) is 5.91 Å². The topological polar surface area (TPSA) is 52.9 Å². The van der Waals surface area contributed by atoms with Gasteiger partial charge in [0.05, 0.1) is 6.07 Å². The van der Waals surface area contributed by atoms with Crippen molar-refractivity contribution in [3.05, 3.63) is 0 Å². The highest BCUT2D eigenvalue weighted by Gasteiger charge is 2.22. The number of hydrogen-bond donors (Lipinski definition) is 1. The molecule has 0 aliphatic heterocycles. The minimum Gasteiger partial charge on any atom is -0.327 e. The minimum absolute atomic E-state index is 0.400. The molecule has 3 heteroatoms. The number of nitriles is 1. The number of carbonyl (C=O) groups excluding carboxylic acids is 1. The van der Waals surface area contributed by atoms with Gasteiger partial charge in [-0.15, -0.1) is 0 Å². The molecule has 0 spiro atoms. The van der Waals surface area contributed by atoms with Gasteiger partial charge < -0.3 is 5.32 Å². The van der Waals surface area contributed by atoms with E-state index in [0.717, 1.165) is 0 Å². The molecule has 1 amide bonds. The van der Waals surface area contributed by atoms with E-state index in [0.29, 0.717) is 6.42 Å². The molecule has 0 saturated heterocycles. The zero-order valence-electron chi connectivity index (χ0n) is 7.56. The summed E-state index contributed by atoms with van der Waals surface area (Å²) < 4.78 is 0. The molecule has 64 valence electrons. The molecule has 0 aromatic rings. The van der Waals surface area contributed by atoms with Crippen molar-refractivity contribution in [3.8, 4) is 17.9 Å². The van der Waals surface area contributed by atoms with E-state index in [1.807, 2.05) is 13.0 Å². The van der Waals surface area contributed by atoms with Gasteiger partial charge in [0.15, 0.2) is 0 Å². The third-order valence-electron chi connectivity index (χ3n) is 1.58. The summed E-state index contributed by atoms with van der Waals surface area (Å²) in [5, 5.41) is 11.2. The second-order valence-electron chi connectivity index (χ2n) is 2.63. The van der Waals surface area contributed by atoms with Crippen LogP contribution in [0.25, 0.3) is 0 Å². The van der Waals surface area contributed by atoms with Crippen molar-refractivity contribution in [1.82, 2.24) is 5.32 Å². The lowest BCUT2D eigenvalue weighted by Crippen LogP contribution is -2.43. The standard InChI is InChI=1S/C9H12N2O/c1-4-6-8(12)11-9(3,5-2)7-10/h5H2,1-3H3,(H,11,12). The fourth-order valence-electron chi connectivity index (χ4n) is 0.591. The molecule has 0 saturated carbocycles. The fraction of sp³-hybridized carbons (Fsp3) is 0.556. The van der Waals surface area contributed by atoms with Gasteiger partial charge in [0, 0.05) is 0 Å². The zero-order chi connectivity index (χ0) is 9.61. The van der Waals surface area contributed by atoms with Crippen LogP contribution in [0.2, 0.25) is 0 Å². The summed E-state index contributed by atoms with van der Waals surface area (Å²) in [5.74, 6) is 4.39. The van der Waals surface area contributed by atoms with Gasteiger partial charge >= 0.3 is 0 Å². The fourth-order valence-corrected chi connectivity index (χ4v) is 0.591. The van der Waals surface area contributed by atoms with Crippen molar-refractivity contribution in [1.29, 1.82) is 5.26 Å². The van der Waals surface area contributed by atoms with Gasteiger partial charge in [0.1, 0.15) is 5.54 Å². The molecular formula is C9H12N2O. The van der Waals surface area contributed by atoms with Crippen LogP contribution in [0.5, 0.6) is 0 Å². The molecule has 0 fully saturated rings. The highest BCUT2D eigenvalue weighted by atomic mass is 16.1. The average molecular weight is 164 g/mol. The van der Waals surface area contributed by atoms with Crippen LogP contribution in [0, 0.1) is 23.2 Å². The minimum atomic E-state index is -0.791. The van der Waals surface area contributed by atoms with Crippen LogP contribution in [0.4, 0.5) is 0 Å². The smallest absolute Gasteiger partial charge is 0.297 e. The predicted molar refractivity (Wildman–Crippen MR) is 45.9 cm³/mol. The van der Waals surface area contributed by atoms with Gasteiger partial charge in [-0.25, -0.2) is 0 Å². The Morgan fingerprint density at radius 2 is 2.25 bits per heavy atom. The first-order chi connectivity index (χ1) is 5.58. The lowest BCUT2D eigenvalue weighted by molar-refractivity contribution is -0.116. The van der Waals surface area contributed by atoms with Crippen molar-refractivity contribution in [2.75, 3.05) is 0 Å². The Labute approximate surface area is 72.8 Å². The van der Waals surface area contributed by atoms with Gasteiger partial charge in [-0.1, -0.05) is 12.8 Å². The van der Waals surface area contributed by atoms with E-state index in [4.69, 9.17) is 5.26 Å². The van der Waals surface area contributed by atoms with E-state index in [9.17, 15) is 4.79 Å². The quantitative estimate of drug-likeness (QED) is 0.614. The number of hydrogen-bond acceptors (Lipinski definition) is 2. The number of rotatable bonds is 2. The second-order valence-corrected chi connectivity index (χ2v) is 2.63. The van der Waals surface area contributed by atoms with Crippen molar-refractivity contribution < 1.29 is 4.79 Å². The molecule has 1 unspecified atom stereocenters. The van der Waals surface area contributed by atoms with E-state index in [1.54, 1.807) is 13.8 Å². The van der Waals surface area contributed by atoms with Crippen molar-refractivity contribution in [2.45, 2.75) is 32.7 Å². The Morgan fingerprint density at radius 3 is 2.58 bits per heavy atom. The van der Waals surface area contributed by atoms with Crippen molar-refractivity contribution in [2.24, 2.45) is 0 Å². The molecule has 0 aliphatic carbocycles. The first-order valence-corrected chi connectivity index (χ1v) is 3.74. The van der Waals surface area contributed by atoms with Crippen LogP contribution in [0.3, 0.4) is 0 Å². The third-order valence-corrected chi connectivity index (χ3v) is 1.58. The van der Waals surface area contributed by atoms with Crippen LogP contribution >= 0.6 is 0 Å². The lowest BCUT2D eigenvalue weighted by Gasteiger charge is -2.18. The van der Waals surface area contributed by atoms with Crippen LogP contribution in [-0.2, 0) is 4.79 Å². The zero-order valence-corrected chi connectivity index (χ0v) is 7.56. The number of carbonyl (C=O) groups is 1. The Bertz CT molecular complexity index is 266. The second kappa shape index (κ2) is 4.41. The maximum atomic E-state index is 10.9. The maximum Gasteiger partial charge on any atom is 0.297 e. The average Bonchev–Trinajstić information content (AvgIpc) is 2.05. The molecule has 0 bridgehead atoms. The molecule has 12 heavy (non-hydrogen) atoms. The molecule has 0 aromatic carbocycles. The van der Waals surface area contributed by atoms with Crippen molar-refractivity contribution in [3.63, 3.8) is 0 Å². The first kappa shape index (κ1) is 10.5. The van der Waals surface area contributed by atoms with Gasteiger partial charge in [-0.3, -0.25) is 4.79 Å². The Hall–Kier alpha value is -1.48. The summed E-state index contributed by atoms with van der Waals surface area (Å²) in [5.41, 5.74) is -0.791. The maximum absolute atomic E-state index is 10.9. The number of nitrogens with one attached hydrogen (secondary N) is 1. The molecule has 0 aromatic heterocycles. The third kappa shape index (κ3) is 3.07. The van der Waals surface area contributed by atoms with Gasteiger partial charge in [0.2, 0.25) is 0 Å². The predicted octanol–water partition coefficient (Wildman–Crippen LogP) is 0.818. The van der Waals surface area contributed by atoms with E-state index in [2.05, 4.69) is 17.2 Å². The van der Waals surface area contributed by atoms with E-state index >= 15 is 0 Å². The summed E-state index contributed by atoms with van der Waals surface area (Å²) in [6, 6.07) is 2.02. The first-order valence-electron chi connectivity index (χ1n) is 3.74. The molecule has 0 heterocycles. The molecular weight excluding hydrogens is 152 g/mol. The molecule has 1 atom stereocenters. The lowest BCUT2D eigenvalue weighted by atomic mass is 10.0. The SMILES string of the molecule is CC#CC(=O)NC(C)(C#N)CC. The number of amides is 1. The molecule has 0 aliphatic rings. The molecule has 0 radical (unpaired) electrons. The van der Waals surface area contributed by atoms with E-state index in [-0.39, 0.29) is 0 Å². The molecule has 1 N–H and O–H groups in total.